The Morgan fingerprint density at radius 1 is 1.44 bits per heavy atom. The molecule has 100 valence electrons. The molecule has 3 N–H and O–H groups in total. The van der Waals surface area contributed by atoms with Crippen LogP contribution in [0.1, 0.15) is 25.7 Å². The Bertz CT molecular complexity index is 449. The van der Waals surface area contributed by atoms with Gasteiger partial charge in [-0.15, -0.1) is 0 Å². The highest BCUT2D eigenvalue weighted by Gasteiger charge is 2.24. The summed E-state index contributed by atoms with van der Waals surface area (Å²) in [6.45, 7) is 1.32. The van der Waals surface area contributed by atoms with Gasteiger partial charge in [0.1, 0.15) is 3.57 Å². The molecule has 18 heavy (non-hydrogen) atoms. The van der Waals surface area contributed by atoms with Crippen molar-refractivity contribution >= 4 is 22.6 Å². The molecule has 0 amide bonds. The first kappa shape index (κ1) is 13.8. The second-order valence-corrected chi connectivity index (χ2v) is 5.78. The Morgan fingerprint density at radius 3 is 2.89 bits per heavy atom. The number of nitrogens with zero attached hydrogens (tertiary/aromatic N) is 1. The van der Waals surface area contributed by atoms with Crippen molar-refractivity contribution in [3.63, 3.8) is 0 Å². The number of aromatic amines is 1. The predicted molar refractivity (Wildman–Crippen MR) is 77.6 cm³/mol. The van der Waals surface area contributed by atoms with Gasteiger partial charge in [-0.25, -0.2) is 4.98 Å². The lowest BCUT2D eigenvalue weighted by Crippen LogP contribution is -2.31. The number of hydrogen-bond donors (Lipinski definition) is 2. The predicted octanol–water partition coefficient (Wildman–Crippen LogP) is 1.52. The highest BCUT2D eigenvalue weighted by molar-refractivity contribution is 14.1. The summed E-state index contributed by atoms with van der Waals surface area (Å²) in [5, 5.41) is 0. The van der Waals surface area contributed by atoms with Crippen molar-refractivity contribution in [3.8, 4) is 5.88 Å². The maximum Gasteiger partial charge on any atom is 0.268 e. The van der Waals surface area contributed by atoms with Crippen LogP contribution in [0.2, 0.25) is 0 Å². The van der Waals surface area contributed by atoms with E-state index in [4.69, 9.17) is 10.5 Å². The van der Waals surface area contributed by atoms with Crippen LogP contribution in [0.3, 0.4) is 0 Å². The van der Waals surface area contributed by atoms with E-state index in [1.54, 1.807) is 0 Å². The second-order valence-electron chi connectivity index (χ2n) is 4.70. The van der Waals surface area contributed by atoms with Crippen LogP contribution in [0, 0.1) is 15.4 Å². The molecule has 0 saturated heterocycles. The molecule has 1 aromatic heterocycles. The van der Waals surface area contributed by atoms with E-state index in [2.05, 4.69) is 9.97 Å². The maximum absolute atomic E-state index is 11.4. The SMILES string of the molecule is NCC1CCCCC1COc1nc[nH]c(=O)c1I. The second kappa shape index (κ2) is 6.51. The van der Waals surface area contributed by atoms with Crippen LogP contribution in [-0.4, -0.2) is 23.1 Å². The quantitative estimate of drug-likeness (QED) is 0.795. The van der Waals surface area contributed by atoms with Crippen molar-refractivity contribution in [1.82, 2.24) is 9.97 Å². The molecule has 5 nitrogen and oxygen atoms in total. The highest BCUT2D eigenvalue weighted by Crippen LogP contribution is 2.29. The Balaban J connectivity index is 1.98. The van der Waals surface area contributed by atoms with E-state index in [1.165, 1.54) is 25.6 Å². The summed E-state index contributed by atoms with van der Waals surface area (Å²) in [6.07, 6.45) is 6.22. The standard InChI is InChI=1S/C12H18IN3O2/c13-10-11(17)15-7-16-12(10)18-6-9-4-2-1-3-8(9)5-14/h7-9H,1-6,14H2,(H,15,16,17). The number of nitrogens with one attached hydrogen (secondary N) is 1. The first-order valence-electron chi connectivity index (χ1n) is 6.28. The molecule has 0 spiro atoms. The topological polar surface area (TPSA) is 81.0 Å². The smallest absolute Gasteiger partial charge is 0.268 e. The number of rotatable bonds is 4. The molecule has 6 heteroatoms. The maximum atomic E-state index is 11.4. The van der Waals surface area contributed by atoms with Gasteiger partial charge in [0, 0.05) is 0 Å². The van der Waals surface area contributed by atoms with E-state index in [1.807, 2.05) is 22.6 Å². The first-order chi connectivity index (χ1) is 8.72. The Hall–Kier alpha value is -0.630. The molecule has 1 saturated carbocycles. The van der Waals surface area contributed by atoms with Crippen LogP contribution in [-0.2, 0) is 0 Å². The molecule has 1 aliphatic carbocycles. The van der Waals surface area contributed by atoms with Gasteiger partial charge >= 0.3 is 0 Å². The van der Waals surface area contributed by atoms with Crippen molar-refractivity contribution < 1.29 is 4.74 Å². The average Bonchev–Trinajstić information content (AvgIpc) is 2.41. The van der Waals surface area contributed by atoms with Gasteiger partial charge in [0.05, 0.1) is 12.9 Å². The number of nitrogens with two attached hydrogens (primary N) is 1. The summed E-state index contributed by atoms with van der Waals surface area (Å²) in [5.74, 6) is 1.46. The molecule has 0 aliphatic heterocycles. The lowest BCUT2D eigenvalue weighted by molar-refractivity contribution is 0.148. The van der Waals surface area contributed by atoms with Crippen molar-refractivity contribution in [1.29, 1.82) is 0 Å². The number of halogens is 1. The zero-order valence-corrected chi connectivity index (χ0v) is 12.4. The van der Waals surface area contributed by atoms with E-state index in [0.717, 1.165) is 6.42 Å². The van der Waals surface area contributed by atoms with Gasteiger partial charge in [-0.05, 0) is 53.8 Å². The van der Waals surface area contributed by atoms with Crippen LogP contribution < -0.4 is 16.0 Å². The third-order valence-electron chi connectivity index (χ3n) is 3.57. The normalized spacial score (nSPS) is 23.9. The minimum absolute atomic E-state index is 0.153. The largest absolute Gasteiger partial charge is 0.476 e. The van der Waals surface area contributed by atoms with Gasteiger partial charge in [-0.2, -0.15) is 0 Å². The van der Waals surface area contributed by atoms with Gasteiger partial charge < -0.3 is 15.5 Å². The molecular formula is C12H18IN3O2. The summed E-state index contributed by atoms with van der Waals surface area (Å²) < 4.78 is 6.20. The van der Waals surface area contributed by atoms with Gasteiger partial charge in [0.2, 0.25) is 5.88 Å². The molecular weight excluding hydrogens is 345 g/mol. The van der Waals surface area contributed by atoms with E-state index in [9.17, 15) is 4.79 Å². The van der Waals surface area contributed by atoms with Crippen LogP contribution in [0.25, 0.3) is 0 Å². The summed E-state index contributed by atoms with van der Waals surface area (Å²) in [4.78, 5) is 18.0. The number of ether oxygens (including phenoxy) is 1. The van der Waals surface area contributed by atoms with Crippen molar-refractivity contribution in [2.75, 3.05) is 13.2 Å². The zero-order chi connectivity index (χ0) is 13.0. The zero-order valence-electron chi connectivity index (χ0n) is 10.2. The summed E-state index contributed by atoms with van der Waals surface area (Å²) in [6, 6.07) is 0. The summed E-state index contributed by atoms with van der Waals surface area (Å²) in [7, 11) is 0. The fourth-order valence-electron chi connectivity index (χ4n) is 2.47. The molecule has 1 fully saturated rings. The van der Waals surface area contributed by atoms with E-state index in [0.29, 0.717) is 34.4 Å². The molecule has 0 radical (unpaired) electrons. The molecule has 2 rings (SSSR count). The Labute approximate surface area is 120 Å². The molecule has 1 aromatic rings. The number of aromatic nitrogens is 2. The third kappa shape index (κ3) is 3.23. The van der Waals surface area contributed by atoms with Crippen LogP contribution in [0.15, 0.2) is 11.1 Å². The molecule has 2 unspecified atom stereocenters. The highest BCUT2D eigenvalue weighted by atomic mass is 127. The van der Waals surface area contributed by atoms with Gasteiger partial charge in [0.15, 0.2) is 0 Å². The minimum Gasteiger partial charge on any atom is -0.476 e. The molecule has 0 aromatic carbocycles. The lowest BCUT2D eigenvalue weighted by atomic mass is 9.80. The van der Waals surface area contributed by atoms with Crippen LogP contribution >= 0.6 is 22.6 Å². The fourth-order valence-corrected chi connectivity index (χ4v) is 2.92. The fraction of sp³-hybridized carbons (Fsp3) is 0.667. The molecule has 1 heterocycles. The molecule has 0 bridgehead atoms. The van der Waals surface area contributed by atoms with Gasteiger partial charge in [0.25, 0.3) is 5.56 Å². The third-order valence-corrected chi connectivity index (χ3v) is 4.52. The Morgan fingerprint density at radius 2 is 2.17 bits per heavy atom. The van der Waals surface area contributed by atoms with E-state index >= 15 is 0 Å². The molecule has 1 aliphatic rings. The number of H-pyrrole nitrogens is 1. The number of hydrogen-bond acceptors (Lipinski definition) is 4. The van der Waals surface area contributed by atoms with Crippen molar-refractivity contribution in [2.24, 2.45) is 17.6 Å². The monoisotopic (exact) mass is 363 g/mol. The van der Waals surface area contributed by atoms with Gasteiger partial charge in [-0.3, -0.25) is 4.79 Å². The van der Waals surface area contributed by atoms with Crippen molar-refractivity contribution in [2.45, 2.75) is 25.7 Å². The van der Waals surface area contributed by atoms with E-state index < -0.39 is 0 Å². The van der Waals surface area contributed by atoms with Crippen LogP contribution in [0.5, 0.6) is 5.88 Å². The average molecular weight is 363 g/mol. The summed E-state index contributed by atoms with van der Waals surface area (Å²) in [5.41, 5.74) is 5.64. The lowest BCUT2D eigenvalue weighted by Gasteiger charge is -2.30. The van der Waals surface area contributed by atoms with Gasteiger partial charge in [-0.1, -0.05) is 12.8 Å². The molecule has 2 atom stereocenters. The summed E-state index contributed by atoms with van der Waals surface area (Å²) >= 11 is 1.96. The first-order valence-corrected chi connectivity index (χ1v) is 7.36. The minimum atomic E-state index is -0.153. The Kier molecular flexibility index (Phi) is 4.99. The van der Waals surface area contributed by atoms with Crippen molar-refractivity contribution in [3.05, 3.63) is 20.3 Å². The van der Waals surface area contributed by atoms with E-state index in [-0.39, 0.29) is 5.56 Å². The van der Waals surface area contributed by atoms with Crippen LogP contribution in [0.4, 0.5) is 0 Å².